The summed E-state index contributed by atoms with van der Waals surface area (Å²) >= 11 is 4.91. The summed E-state index contributed by atoms with van der Waals surface area (Å²) in [6.45, 7) is 0. The lowest BCUT2D eigenvalue weighted by atomic mass is 10.2. The zero-order chi connectivity index (χ0) is 11.7. The van der Waals surface area contributed by atoms with Crippen molar-refractivity contribution < 1.29 is 4.39 Å². The van der Waals surface area contributed by atoms with Gasteiger partial charge >= 0.3 is 0 Å². The van der Waals surface area contributed by atoms with Crippen molar-refractivity contribution in [3.8, 4) is 0 Å². The van der Waals surface area contributed by atoms with Gasteiger partial charge in [-0.3, -0.25) is 0 Å². The second-order valence-corrected chi connectivity index (χ2v) is 5.76. The van der Waals surface area contributed by atoms with Crippen LogP contribution >= 0.6 is 27.3 Å². The van der Waals surface area contributed by atoms with E-state index in [2.05, 4.69) is 15.9 Å². The number of para-hydroxylation sites is 1. The third-order valence-corrected chi connectivity index (χ3v) is 3.94. The highest BCUT2D eigenvalue weighted by atomic mass is 79.9. The molecule has 0 bridgehead atoms. The Hall–Kier alpha value is -1.07. The highest BCUT2D eigenvalue weighted by Crippen LogP contribution is 2.36. The Morgan fingerprint density at radius 3 is 2.62 bits per heavy atom. The quantitative estimate of drug-likeness (QED) is 0.850. The van der Waals surface area contributed by atoms with Crippen molar-refractivity contribution >= 4 is 43.6 Å². The molecule has 2 rings (SSSR count). The molecule has 0 aliphatic heterocycles. The molecular weight excluding hydrogens is 291 g/mol. The van der Waals surface area contributed by atoms with Gasteiger partial charge in [0.1, 0.15) is 11.5 Å². The van der Waals surface area contributed by atoms with E-state index in [4.69, 9.17) is 5.73 Å². The van der Waals surface area contributed by atoms with Gasteiger partial charge in [-0.25, -0.2) is 4.39 Å². The number of hydrogen-bond donors (Lipinski definition) is 1. The van der Waals surface area contributed by atoms with Crippen LogP contribution in [0.5, 0.6) is 0 Å². The highest BCUT2D eigenvalue weighted by molar-refractivity contribution is 9.11. The summed E-state index contributed by atoms with van der Waals surface area (Å²) in [6.07, 6.45) is 0. The number of anilines is 3. The van der Waals surface area contributed by atoms with Gasteiger partial charge in [0.2, 0.25) is 0 Å². The molecule has 2 aromatic rings. The number of halogens is 2. The fourth-order valence-electron chi connectivity index (χ4n) is 1.48. The summed E-state index contributed by atoms with van der Waals surface area (Å²) in [5.41, 5.74) is 6.63. The predicted octanol–water partition coefficient (Wildman–Crippen LogP) is 4.00. The zero-order valence-corrected chi connectivity index (χ0v) is 11.0. The van der Waals surface area contributed by atoms with E-state index in [9.17, 15) is 4.39 Å². The standard InChI is InChI=1S/C11H10BrFN2S/c1-15(10-6-5-9(12)16-10)11-7(13)3-2-4-8(11)14/h2-6H,14H2,1H3. The van der Waals surface area contributed by atoms with Gasteiger partial charge < -0.3 is 10.6 Å². The molecule has 1 aromatic heterocycles. The minimum Gasteiger partial charge on any atom is -0.397 e. The van der Waals surface area contributed by atoms with Crippen molar-refractivity contribution in [1.29, 1.82) is 0 Å². The number of rotatable bonds is 2. The van der Waals surface area contributed by atoms with Gasteiger partial charge in [0.05, 0.1) is 14.5 Å². The molecule has 0 atom stereocenters. The van der Waals surface area contributed by atoms with Crippen LogP contribution in [0, 0.1) is 5.82 Å². The Balaban J connectivity index is 2.45. The van der Waals surface area contributed by atoms with E-state index >= 15 is 0 Å². The second-order valence-electron chi connectivity index (χ2n) is 3.31. The first-order valence-electron chi connectivity index (χ1n) is 4.62. The van der Waals surface area contributed by atoms with Crippen LogP contribution < -0.4 is 10.6 Å². The van der Waals surface area contributed by atoms with Crippen molar-refractivity contribution in [3.63, 3.8) is 0 Å². The van der Waals surface area contributed by atoms with Crippen molar-refractivity contribution in [3.05, 3.63) is 39.9 Å². The average Bonchev–Trinajstić information content (AvgIpc) is 2.64. The minimum absolute atomic E-state index is 0.313. The molecular formula is C11H10BrFN2S. The molecule has 5 heteroatoms. The van der Waals surface area contributed by atoms with Crippen molar-refractivity contribution in [2.24, 2.45) is 0 Å². The normalized spacial score (nSPS) is 10.4. The van der Waals surface area contributed by atoms with Crippen LogP contribution in [0.2, 0.25) is 0 Å². The third-order valence-electron chi connectivity index (χ3n) is 2.24. The second kappa shape index (κ2) is 4.43. The van der Waals surface area contributed by atoms with Crippen LogP contribution in [-0.4, -0.2) is 7.05 Å². The summed E-state index contributed by atoms with van der Waals surface area (Å²) < 4.78 is 14.7. The zero-order valence-electron chi connectivity index (χ0n) is 8.58. The summed E-state index contributed by atoms with van der Waals surface area (Å²) in [6, 6.07) is 8.54. The number of nitrogens with zero attached hydrogens (tertiary/aromatic N) is 1. The van der Waals surface area contributed by atoms with Gasteiger partial charge in [-0.15, -0.1) is 11.3 Å². The Bertz CT molecular complexity index is 492. The van der Waals surface area contributed by atoms with E-state index < -0.39 is 0 Å². The van der Waals surface area contributed by atoms with Gasteiger partial charge in [0.25, 0.3) is 0 Å². The molecule has 1 heterocycles. The maximum absolute atomic E-state index is 13.7. The lowest BCUT2D eigenvalue weighted by molar-refractivity contribution is 0.628. The van der Waals surface area contributed by atoms with Crippen LogP contribution in [0.1, 0.15) is 0 Å². The maximum atomic E-state index is 13.7. The predicted molar refractivity (Wildman–Crippen MR) is 70.9 cm³/mol. The molecule has 0 saturated carbocycles. The van der Waals surface area contributed by atoms with Gasteiger partial charge in [-0.05, 0) is 40.2 Å². The van der Waals surface area contributed by atoms with Gasteiger partial charge in [0, 0.05) is 7.05 Å². The molecule has 1 aromatic carbocycles. The summed E-state index contributed by atoms with van der Waals surface area (Å²) in [4.78, 5) is 1.75. The fourth-order valence-corrected chi connectivity index (χ4v) is 2.81. The van der Waals surface area contributed by atoms with Crippen molar-refractivity contribution in [2.75, 3.05) is 17.7 Å². The van der Waals surface area contributed by atoms with Crippen molar-refractivity contribution in [2.45, 2.75) is 0 Å². The number of nitrogens with two attached hydrogens (primary N) is 1. The Morgan fingerprint density at radius 1 is 1.31 bits per heavy atom. The van der Waals surface area contributed by atoms with Crippen molar-refractivity contribution in [1.82, 2.24) is 0 Å². The lowest BCUT2D eigenvalue weighted by Gasteiger charge is -2.19. The van der Waals surface area contributed by atoms with Gasteiger partial charge in [-0.2, -0.15) is 0 Å². The fraction of sp³-hybridized carbons (Fsp3) is 0.0909. The molecule has 0 amide bonds. The Kier molecular flexibility index (Phi) is 3.16. The first kappa shape index (κ1) is 11.4. The largest absolute Gasteiger partial charge is 0.397 e. The first-order valence-corrected chi connectivity index (χ1v) is 6.23. The Morgan fingerprint density at radius 2 is 2.06 bits per heavy atom. The van der Waals surface area contributed by atoms with E-state index in [1.165, 1.54) is 17.4 Å². The van der Waals surface area contributed by atoms with E-state index in [0.717, 1.165) is 8.79 Å². The van der Waals surface area contributed by atoms with Crippen LogP contribution in [0.25, 0.3) is 0 Å². The van der Waals surface area contributed by atoms with Crippen LogP contribution in [0.3, 0.4) is 0 Å². The number of hydrogen-bond acceptors (Lipinski definition) is 3. The van der Waals surface area contributed by atoms with E-state index in [-0.39, 0.29) is 5.82 Å². The highest BCUT2D eigenvalue weighted by Gasteiger charge is 2.13. The number of benzene rings is 1. The van der Waals surface area contributed by atoms with E-state index in [1.54, 1.807) is 24.1 Å². The van der Waals surface area contributed by atoms with Gasteiger partial charge in [0.15, 0.2) is 0 Å². The molecule has 0 fully saturated rings. The molecule has 0 spiro atoms. The van der Waals surface area contributed by atoms with E-state index in [0.29, 0.717) is 11.4 Å². The number of nitrogen functional groups attached to an aromatic ring is 1. The smallest absolute Gasteiger partial charge is 0.148 e. The average molecular weight is 301 g/mol. The third kappa shape index (κ3) is 2.05. The van der Waals surface area contributed by atoms with E-state index in [1.807, 2.05) is 12.1 Å². The molecule has 0 aliphatic carbocycles. The molecule has 0 saturated heterocycles. The van der Waals surface area contributed by atoms with Crippen LogP contribution in [0.4, 0.5) is 20.8 Å². The monoisotopic (exact) mass is 300 g/mol. The summed E-state index contributed by atoms with van der Waals surface area (Å²) in [5.74, 6) is -0.313. The molecule has 2 nitrogen and oxygen atoms in total. The summed E-state index contributed by atoms with van der Waals surface area (Å²) in [7, 11) is 1.80. The maximum Gasteiger partial charge on any atom is 0.148 e. The molecule has 0 radical (unpaired) electrons. The van der Waals surface area contributed by atoms with Gasteiger partial charge in [-0.1, -0.05) is 6.07 Å². The van der Waals surface area contributed by atoms with Crippen LogP contribution in [0.15, 0.2) is 34.1 Å². The van der Waals surface area contributed by atoms with Crippen LogP contribution in [-0.2, 0) is 0 Å². The number of thiophene rings is 1. The Labute approximate surface area is 106 Å². The summed E-state index contributed by atoms with van der Waals surface area (Å²) in [5, 5.41) is 0.934. The molecule has 2 N–H and O–H groups in total. The molecule has 0 aliphatic rings. The molecule has 0 unspecified atom stereocenters. The minimum atomic E-state index is -0.313. The topological polar surface area (TPSA) is 29.3 Å². The first-order chi connectivity index (χ1) is 7.59. The molecule has 16 heavy (non-hydrogen) atoms. The molecule has 84 valence electrons. The SMILES string of the molecule is CN(c1ccc(Br)s1)c1c(N)cccc1F. The lowest BCUT2D eigenvalue weighted by Crippen LogP contribution is -2.12.